The standard InChI is InChI=1S/C14H19IN2O3/c1-10(2)5-3-4-8-16-14(18)12-9-11(17(19)20)6-7-13(12)15/h6-7,9-10H,3-5,8H2,1-2H3,(H,16,18). The summed E-state index contributed by atoms with van der Waals surface area (Å²) < 4.78 is 0.716. The molecule has 0 aliphatic rings. The van der Waals surface area contributed by atoms with Crippen molar-refractivity contribution < 1.29 is 9.72 Å². The van der Waals surface area contributed by atoms with Gasteiger partial charge < -0.3 is 5.32 Å². The molecule has 1 amide bonds. The van der Waals surface area contributed by atoms with E-state index in [-0.39, 0.29) is 11.6 Å². The molecule has 0 radical (unpaired) electrons. The normalized spacial score (nSPS) is 10.6. The largest absolute Gasteiger partial charge is 0.352 e. The number of nitro benzene ring substituents is 1. The first-order chi connectivity index (χ1) is 9.41. The maximum absolute atomic E-state index is 12.0. The number of hydrogen-bond acceptors (Lipinski definition) is 3. The number of nitrogens with one attached hydrogen (secondary N) is 1. The van der Waals surface area contributed by atoms with Crippen molar-refractivity contribution in [2.75, 3.05) is 6.54 Å². The van der Waals surface area contributed by atoms with Crippen molar-refractivity contribution in [3.05, 3.63) is 37.4 Å². The number of halogens is 1. The fraction of sp³-hybridized carbons (Fsp3) is 0.500. The van der Waals surface area contributed by atoms with Crippen LogP contribution in [0.25, 0.3) is 0 Å². The number of rotatable bonds is 7. The Labute approximate surface area is 132 Å². The summed E-state index contributed by atoms with van der Waals surface area (Å²) in [5, 5.41) is 13.5. The molecular weight excluding hydrogens is 371 g/mol. The molecule has 1 aromatic carbocycles. The van der Waals surface area contributed by atoms with Gasteiger partial charge in [-0.2, -0.15) is 0 Å². The van der Waals surface area contributed by atoms with Gasteiger partial charge in [0.25, 0.3) is 11.6 Å². The van der Waals surface area contributed by atoms with Gasteiger partial charge in [0, 0.05) is 22.2 Å². The molecule has 5 nitrogen and oxygen atoms in total. The zero-order valence-corrected chi connectivity index (χ0v) is 13.8. The van der Waals surface area contributed by atoms with Gasteiger partial charge in [0.05, 0.1) is 10.5 Å². The Bertz CT molecular complexity index is 489. The van der Waals surface area contributed by atoms with E-state index in [0.717, 1.165) is 19.3 Å². The Morgan fingerprint density at radius 1 is 1.40 bits per heavy atom. The highest BCUT2D eigenvalue weighted by atomic mass is 127. The van der Waals surface area contributed by atoms with E-state index >= 15 is 0 Å². The second-order valence-corrected chi connectivity index (χ2v) is 6.23. The molecule has 0 aliphatic heterocycles. The topological polar surface area (TPSA) is 72.2 Å². The average Bonchev–Trinajstić information content (AvgIpc) is 2.37. The molecule has 1 rings (SSSR count). The summed E-state index contributed by atoms with van der Waals surface area (Å²) in [4.78, 5) is 22.2. The first-order valence-corrected chi connectivity index (χ1v) is 7.72. The Kier molecular flexibility index (Phi) is 6.90. The van der Waals surface area contributed by atoms with Gasteiger partial charge in [0.1, 0.15) is 0 Å². The van der Waals surface area contributed by atoms with E-state index < -0.39 is 4.92 Å². The van der Waals surface area contributed by atoms with Crippen molar-refractivity contribution in [1.29, 1.82) is 0 Å². The number of benzene rings is 1. The molecule has 0 fully saturated rings. The van der Waals surface area contributed by atoms with Crippen LogP contribution in [0.3, 0.4) is 0 Å². The van der Waals surface area contributed by atoms with E-state index in [1.165, 1.54) is 12.1 Å². The first-order valence-electron chi connectivity index (χ1n) is 6.64. The predicted molar refractivity (Wildman–Crippen MR) is 86.8 cm³/mol. The molecule has 0 spiro atoms. The second-order valence-electron chi connectivity index (χ2n) is 5.07. The summed E-state index contributed by atoms with van der Waals surface area (Å²) in [7, 11) is 0. The average molecular weight is 390 g/mol. The number of amides is 1. The second kappa shape index (κ2) is 8.18. The number of nitro groups is 1. The number of carbonyl (C=O) groups excluding carboxylic acids is 1. The van der Waals surface area contributed by atoms with E-state index in [0.29, 0.717) is 21.6 Å². The van der Waals surface area contributed by atoms with Gasteiger partial charge in [-0.05, 0) is 41.0 Å². The Balaban J connectivity index is 2.55. The third kappa shape index (κ3) is 5.44. The van der Waals surface area contributed by atoms with Crippen LogP contribution in [0.15, 0.2) is 18.2 Å². The highest BCUT2D eigenvalue weighted by molar-refractivity contribution is 14.1. The van der Waals surface area contributed by atoms with Crippen molar-refractivity contribution in [2.24, 2.45) is 5.92 Å². The lowest BCUT2D eigenvalue weighted by molar-refractivity contribution is -0.384. The van der Waals surface area contributed by atoms with Crippen molar-refractivity contribution >= 4 is 34.2 Å². The summed E-state index contributed by atoms with van der Waals surface area (Å²) in [6, 6.07) is 4.32. The van der Waals surface area contributed by atoms with Crippen LogP contribution in [0.1, 0.15) is 43.5 Å². The monoisotopic (exact) mass is 390 g/mol. The van der Waals surface area contributed by atoms with Gasteiger partial charge in [-0.15, -0.1) is 0 Å². The summed E-state index contributed by atoms with van der Waals surface area (Å²) in [5.41, 5.74) is 0.305. The molecule has 0 heterocycles. The number of unbranched alkanes of at least 4 members (excludes halogenated alkanes) is 1. The third-order valence-corrected chi connectivity index (χ3v) is 3.84. The molecular formula is C14H19IN2O3. The Morgan fingerprint density at radius 3 is 2.70 bits per heavy atom. The van der Waals surface area contributed by atoms with Gasteiger partial charge >= 0.3 is 0 Å². The lowest BCUT2D eigenvalue weighted by Gasteiger charge is -2.08. The molecule has 0 saturated carbocycles. The van der Waals surface area contributed by atoms with Crippen LogP contribution < -0.4 is 5.32 Å². The molecule has 0 unspecified atom stereocenters. The molecule has 1 N–H and O–H groups in total. The van der Waals surface area contributed by atoms with Crippen molar-refractivity contribution in [2.45, 2.75) is 33.1 Å². The molecule has 110 valence electrons. The number of nitrogens with zero attached hydrogens (tertiary/aromatic N) is 1. The molecule has 0 aliphatic carbocycles. The van der Waals surface area contributed by atoms with E-state index in [9.17, 15) is 14.9 Å². The summed E-state index contributed by atoms with van der Waals surface area (Å²) in [6.45, 7) is 4.94. The Morgan fingerprint density at radius 2 is 2.10 bits per heavy atom. The number of carbonyl (C=O) groups is 1. The molecule has 0 bridgehead atoms. The highest BCUT2D eigenvalue weighted by Gasteiger charge is 2.14. The molecule has 0 saturated heterocycles. The minimum absolute atomic E-state index is 0.0598. The molecule has 6 heteroatoms. The van der Waals surface area contributed by atoms with Crippen LogP contribution >= 0.6 is 22.6 Å². The van der Waals surface area contributed by atoms with Crippen LogP contribution in [0, 0.1) is 19.6 Å². The first kappa shape index (κ1) is 16.9. The quantitative estimate of drug-likeness (QED) is 0.334. The maximum atomic E-state index is 12.0. The highest BCUT2D eigenvalue weighted by Crippen LogP contribution is 2.19. The van der Waals surface area contributed by atoms with Gasteiger partial charge in [0.2, 0.25) is 0 Å². The molecule has 0 aromatic heterocycles. The lowest BCUT2D eigenvalue weighted by atomic mass is 10.1. The van der Waals surface area contributed by atoms with Crippen LogP contribution in [0.2, 0.25) is 0 Å². The van der Waals surface area contributed by atoms with E-state index in [4.69, 9.17) is 0 Å². The van der Waals surface area contributed by atoms with Crippen molar-refractivity contribution in [3.8, 4) is 0 Å². The fourth-order valence-electron chi connectivity index (χ4n) is 1.78. The van der Waals surface area contributed by atoms with Crippen LogP contribution in [-0.2, 0) is 0 Å². The predicted octanol–water partition coefficient (Wildman–Crippen LogP) is 3.76. The SMILES string of the molecule is CC(C)CCCCNC(=O)c1cc([N+](=O)[O-])ccc1I. The van der Waals surface area contributed by atoms with Gasteiger partial charge in [-0.1, -0.05) is 26.7 Å². The number of hydrogen-bond donors (Lipinski definition) is 1. The van der Waals surface area contributed by atoms with Gasteiger partial charge in [-0.3, -0.25) is 14.9 Å². The van der Waals surface area contributed by atoms with Crippen molar-refractivity contribution in [3.63, 3.8) is 0 Å². The smallest absolute Gasteiger partial charge is 0.270 e. The summed E-state index contributed by atoms with van der Waals surface area (Å²) in [5.74, 6) is 0.422. The van der Waals surface area contributed by atoms with E-state index in [1.54, 1.807) is 6.07 Å². The van der Waals surface area contributed by atoms with Gasteiger partial charge in [-0.25, -0.2) is 0 Å². The molecule has 20 heavy (non-hydrogen) atoms. The fourth-order valence-corrected chi connectivity index (χ4v) is 2.36. The zero-order chi connectivity index (χ0) is 15.1. The van der Waals surface area contributed by atoms with Crippen molar-refractivity contribution in [1.82, 2.24) is 5.32 Å². The minimum Gasteiger partial charge on any atom is -0.352 e. The maximum Gasteiger partial charge on any atom is 0.270 e. The number of non-ortho nitro benzene ring substituents is 1. The molecule has 0 atom stereocenters. The minimum atomic E-state index is -0.491. The van der Waals surface area contributed by atoms with E-state index in [2.05, 4.69) is 19.2 Å². The van der Waals surface area contributed by atoms with E-state index in [1.807, 2.05) is 22.6 Å². The zero-order valence-electron chi connectivity index (χ0n) is 11.7. The third-order valence-electron chi connectivity index (χ3n) is 2.90. The molecule has 1 aromatic rings. The van der Waals surface area contributed by atoms with Crippen LogP contribution in [0.5, 0.6) is 0 Å². The summed E-state index contributed by atoms with van der Waals surface area (Å²) in [6.07, 6.45) is 3.14. The van der Waals surface area contributed by atoms with Gasteiger partial charge in [0.15, 0.2) is 0 Å². The van der Waals surface area contributed by atoms with Crippen LogP contribution in [0.4, 0.5) is 5.69 Å². The Hall–Kier alpha value is -1.18. The lowest BCUT2D eigenvalue weighted by Crippen LogP contribution is -2.25. The summed E-state index contributed by atoms with van der Waals surface area (Å²) >= 11 is 2.01. The van der Waals surface area contributed by atoms with Crippen LogP contribution in [-0.4, -0.2) is 17.4 Å².